The summed E-state index contributed by atoms with van der Waals surface area (Å²) in [4.78, 5) is 4.26. The van der Waals surface area contributed by atoms with E-state index in [2.05, 4.69) is 20.6 Å². The molecule has 0 aliphatic rings. The van der Waals surface area contributed by atoms with Crippen molar-refractivity contribution in [2.45, 2.75) is 13.0 Å². The molecule has 1 N–H and O–H groups in total. The Morgan fingerprint density at radius 1 is 1.17 bits per heavy atom. The third kappa shape index (κ3) is 1.98. The van der Waals surface area contributed by atoms with E-state index >= 15 is 0 Å². The summed E-state index contributed by atoms with van der Waals surface area (Å²) in [6, 6.07) is 7.70. The van der Waals surface area contributed by atoms with Gasteiger partial charge in [-0.25, -0.2) is 0 Å². The molecule has 0 aliphatic heterocycles. The maximum absolute atomic E-state index is 5.22. The van der Waals surface area contributed by atoms with Gasteiger partial charge in [0.2, 0.25) is 5.89 Å². The molecule has 0 saturated heterocycles. The van der Waals surface area contributed by atoms with E-state index in [9.17, 15) is 0 Å². The molecule has 0 aliphatic carbocycles. The zero-order chi connectivity index (χ0) is 12.4. The molecule has 2 aromatic heterocycles. The van der Waals surface area contributed by atoms with Crippen molar-refractivity contribution in [3.05, 3.63) is 41.7 Å². The molecule has 18 heavy (non-hydrogen) atoms. The number of nitrogens with one attached hydrogen (secondary N) is 1. The van der Waals surface area contributed by atoms with Gasteiger partial charge in [0.05, 0.1) is 13.0 Å². The molecule has 0 atom stereocenters. The van der Waals surface area contributed by atoms with E-state index in [1.165, 1.54) is 0 Å². The summed E-state index contributed by atoms with van der Waals surface area (Å²) in [5.41, 5.74) is 1.58. The smallest absolute Gasteiger partial charge is 0.232 e. The predicted molar refractivity (Wildman–Crippen MR) is 63.9 cm³/mol. The molecule has 0 unspecified atom stereocenters. The van der Waals surface area contributed by atoms with Crippen molar-refractivity contribution in [1.82, 2.24) is 20.6 Å². The molecule has 0 spiro atoms. The van der Waals surface area contributed by atoms with Gasteiger partial charge in [-0.05, 0) is 19.2 Å². The van der Waals surface area contributed by atoms with Crippen molar-refractivity contribution in [2.24, 2.45) is 0 Å². The van der Waals surface area contributed by atoms with Gasteiger partial charge in [-0.3, -0.25) is 0 Å². The summed E-state index contributed by atoms with van der Waals surface area (Å²) in [6.45, 7) is 0.586. The number of rotatable bonds is 4. The van der Waals surface area contributed by atoms with Crippen molar-refractivity contribution in [2.75, 3.05) is 7.05 Å². The molecule has 6 heteroatoms. The Balaban J connectivity index is 1.87. The van der Waals surface area contributed by atoms with Crippen LogP contribution in [0.3, 0.4) is 0 Å². The number of fused-ring (bicyclic) bond motifs is 1. The first-order chi connectivity index (χ1) is 8.86. The Morgan fingerprint density at radius 3 is 2.94 bits per heavy atom. The standard InChI is InChI=1S/C12H12N4O2/c1-13-7-11-14-12(18-16-11)6-9-8-4-2-3-5-10(8)17-15-9/h2-5,13H,6-7H2,1H3. The molecule has 1 aromatic carbocycles. The first-order valence-corrected chi connectivity index (χ1v) is 5.66. The number of aromatic nitrogens is 3. The summed E-state index contributed by atoms with van der Waals surface area (Å²) < 4.78 is 10.4. The molecule has 92 valence electrons. The lowest BCUT2D eigenvalue weighted by Crippen LogP contribution is -2.06. The number of benzene rings is 1. The predicted octanol–water partition coefficient (Wildman–Crippen LogP) is 1.52. The van der Waals surface area contributed by atoms with Crippen LogP contribution in [-0.4, -0.2) is 22.3 Å². The Morgan fingerprint density at radius 2 is 2.06 bits per heavy atom. The van der Waals surface area contributed by atoms with Crippen molar-refractivity contribution < 1.29 is 9.05 Å². The maximum atomic E-state index is 5.22. The maximum Gasteiger partial charge on any atom is 0.232 e. The molecule has 0 fully saturated rings. The van der Waals surface area contributed by atoms with Gasteiger partial charge in [-0.1, -0.05) is 22.4 Å². The monoisotopic (exact) mass is 244 g/mol. The second kappa shape index (κ2) is 4.58. The number of para-hydroxylation sites is 1. The highest BCUT2D eigenvalue weighted by atomic mass is 16.5. The average Bonchev–Trinajstić information content (AvgIpc) is 2.99. The normalized spacial score (nSPS) is 11.2. The van der Waals surface area contributed by atoms with Crippen molar-refractivity contribution in [3.8, 4) is 0 Å². The molecular formula is C12H12N4O2. The first kappa shape index (κ1) is 10.9. The van der Waals surface area contributed by atoms with Gasteiger partial charge in [0.25, 0.3) is 0 Å². The van der Waals surface area contributed by atoms with Crippen LogP contribution in [0.25, 0.3) is 11.0 Å². The fourth-order valence-electron chi connectivity index (χ4n) is 1.80. The Hall–Kier alpha value is -2.21. The van der Waals surface area contributed by atoms with Crippen LogP contribution >= 0.6 is 0 Å². The topological polar surface area (TPSA) is 77.0 Å². The van der Waals surface area contributed by atoms with Crippen LogP contribution in [0, 0.1) is 0 Å². The van der Waals surface area contributed by atoms with Crippen molar-refractivity contribution in [3.63, 3.8) is 0 Å². The highest BCUT2D eigenvalue weighted by molar-refractivity contribution is 5.79. The molecule has 2 heterocycles. The highest BCUT2D eigenvalue weighted by Crippen LogP contribution is 2.19. The average molecular weight is 244 g/mol. The minimum atomic E-state index is 0.480. The molecule has 0 amide bonds. The van der Waals surface area contributed by atoms with Crippen LogP contribution in [0.15, 0.2) is 33.3 Å². The van der Waals surface area contributed by atoms with Gasteiger partial charge < -0.3 is 14.4 Å². The van der Waals surface area contributed by atoms with Gasteiger partial charge in [-0.2, -0.15) is 4.98 Å². The highest BCUT2D eigenvalue weighted by Gasteiger charge is 2.12. The van der Waals surface area contributed by atoms with E-state index in [1.807, 2.05) is 31.3 Å². The van der Waals surface area contributed by atoms with Gasteiger partial charge in [0.15, 0.2) is 11.4 Å². The van der Waals surface area contributed by atoms with Crippen LogP contribution in [0.2, 0.25) is 0 Å². The minimum Gasteiger partial charge on any atom is -0.356 e. The summed E-state index contributed by atoms with van der Waals surface area (Å²) in [5.74, 6) is 1.18. The van der Waals surface area contributed by atoms with E-state index in [0.717, 1.165) is 16.7 Å². The molecule has 6 nitrogen and oxygen atoms in total. The fourth-order valence-corrected chi connectivity index (χ4v) is 1.80. The summed E-state index contributed by atoms with van der Waals surface area (Å²) in [5, 5.41) is 11.8. The third-order valence-electron chi connectivity index (χ3n) is 2.62. The number of hydrogen-bond donors (Lipinski definition) is 1. The largest absolute Gasteiger partial charge is 0.356 e. The molecule has 3 aromatic rings. The van der Waals surface area contributed by atoms with E-state index in [-0.39, 0.29) is 0 Å². The lowest BCUT2D eigenvalue weighted by Gasteiger charge is -1.90. The van der Waals surface area contributed by atoms with Gasteiger partial charge in [0, 0.05) is 5.39 Å². The lowest BCUT2D eigenvalue weighted by atomic mass is 10.2. The van der Waals surface area contributed by atoms with E-state index < -0.39 is 0 Å². The van der Waals surface area contributed by atoms with Gasteiger partial charge in [-0.15, -0.1) is 0 Å². The lowest BCUT2D eigenvalue weighted by molar-refractivity contribution is 0.374. The van der Waals surface area contributed by atoms with E-state index in [4.69, 9.17) is 9.05 Å². The van der Waals surface area contributed by atoms with Crippen LogP contribution in [-0.2, 0) is 13.0 Å². The van der Waals surface area contributed by atoms with Crippen LogP contribution in [0.4, 0.5) is 0 Å². The summed E-state index contributed by atoms with van der Waals surface area (Å²) in [6.07, 6.45) is 0.480. The molecule has 3 rings (SSSR count). The number of nitrogens with zero attached hydrogens (tertiary/aromatic N) is 3. The quantitative estimate of drug-likeness (QED) is 0.749. The van der Waals surface area contributed by atoms with Gasteiger partial charge >= 0.3 is 0 Å². The second-order valence-corrected chi connectivity index (χ2v) is 3.94. The van der Waals surface area contributed by atoms with Crippen molar-refractivity contribution in [1.29, 1.82) is 0 Å². The molecule has 0 saturated carbocycles. The SMILES string of the molecule is CNCc1noc(Cc2noc3ccccc23)n1. The Labute approximate surface area is 103 Å². The Bertz CT molecular complexity index is 659. The van der Waals surface area contributed by atoms with Crippen molar-refractivity contribution >= 4 is 11.0 Å². The zero-order valence-electron chi connectivity index (χ0n) is 9.88. The molecule has 0 radical (unpaired) electrons. The van der Waals surface area contributed by atoms with E-state index in [1.54, 1.807) is 0 Å². The summed E-state index contributed by atoms with van der Waals surface area (Å²) in [7, 11) is 1.83. The van der Waals surface area contributed by atoms with Gasteiger partial charge in [0.1, 0.15) is 5.69 Å². The molecular weight excluding hydrogens is 232 g/mol. The third-order valence-corrected chi connectivity index (χ3v) is 2.62. The van der Waals surface area contributed by atoms with Crippen LogP contribution < -0.4 is 5.32 Å². The minimum absolute atomic E-state index is 0.480. The summed E-state index contributed by atoms with van der Waals surface area (Å²) >= 11 is 0. The first-order valence-electron chi connectivity index (χ1n) is 5.66. The fraction of sp³-hybridized carbons (Fsp3) is 0.250. The van der Waals surface area contributed by atoms with Crippen LogP contribution in [0.5, 0.6) is 0 Å². The van der Waals surface area contributed by atoms with E-state index in [0.29, 0.717) is 24.7 Å². The molecule has 0 bridgehead atoms. The second-order valence-electron chi connectivity index (χ2n) is 3.94. The zero-order valence-corrected chi connectivity index (χ0v) is 9.88. The Kier molecular flexibility index (Phi) is 2.77. The van der Waals surface area contributed by atoms with Crippen LogP contribution in [0.1, 0.15) is 17.4 Å². The number of hydrogen-bond acceptors (Lipinski definition) is 6.